The molecule has 1 aromatic carbocycles. The molecule has 0 saturated heterocycles. The molecule has 7 heteroatoms. The third-order valence-corrected chi connectivity index (χ3v) is 3.69. The van der Waals surface area contributed by atoms with Crippen LogP contribution in [0, 0.1) is 0 Å². The number of carbonyl (C=O) groups excluding carboxylic acids is 1. The Morgan fingerprint density at radius 1 is 1.33 bits per heavy atom. The predicted molar refractivity (Wildman–Crippen MR) is 79.9 cm³/mol. The highest BCUT2D eigenvalue weighted by Crippen LogP contribution is 2.21. The lowest BCUT2D eigenvalue weighted by Crippen LogP contribution is -2.12. The van der Waals surface area contributed by atoms with Gasteiger partial charge in [-0.25, -0.2) is 9.97 Å². The molecule has 0 atom stereocenters. The van der Waals surface area contributed by atoms with Gasteiger partial charge < -0.3 is 15.5 Å². The highest BCUT2D eigenvalue weighted by atomic mass is 32.1. The molecule has 1 amide bonds. The van der Waals surface area contributed by atoms with Crippen LogP contribution in [0.15, 0.2) is 46.7 Å². The van der Waals surface area contributed by atoms with Crippen LogP contribution in [0.1, 0.15) is 15.5 Å². The lowest BCUT2D eigenvalue weighted by atomic mass is 10.1. The summed E-state index contributed by atoms with van der Waals surface area (Å²) >= 11 is 1.37. The monoisotopic (exact) mass is 300 g/mol. The van der Waals surface area contributed by atoms with Gasteiger partial charge in [0, 0.05) is 23.2 Å². The zero-order chi connectivity index (χ0) is 14.7. The number of carbonyl (C=O) groups is 1. The minimum Gasteiger partial charge on any atom is -0.444 e. The summed E-state index contributed by atoms with van der Waals surface area (Å²) < 4.78 is 5.21. The van der Waals surface area contributed by atoms with Crippen LogP contribution in [0.5, 0.6) is 0 Å². The number of benzene rings is 1. The molecule has 2 aromatic heterocycles. The van der Waals surface area contributed by atoms with Crippen LogP contribution >= 0.6 is 11.3 Å². The van der Waals surface area contributed by atoms with Crippen molar-refractivity contribution in [2.45, 2.75) is 6.54 Å². The molecule has 0 spiro atoms. The fourth-order valence-electron chi connectivity index (χ4n) is 1.78. The van der Waals surface area contributed by atoms with Gasteiger partial charge in [-0.15, -0.1) is 11.3 Å². The van der Waals surface area contributed by atoms with E-state index in [0.29, 0.717) is 23.7 Å². The number of amides is 1. The highest BCUT2D eigenvalue weighted by Gasteiger charge is 2.10. The fourth-order valence-corrected chi connectivity index (χ4v) is 2.43. The molecule has 106 valence electrons. The molecule has 3 N–H and O–H groups in total. The number of rotatable bonds is 4. The standard InChI is InChI=1S/C14H12N4O2S/c15-5-13-18-11(7-21-13)14(19)17-10-3-1-9(2-4-10)12-6-16-8-20-12/h1-4,6-8H,5,15H2,(H,17,19). The maximum absolute atomic E-state index is 12.0. The van der Waals surface area contributed by atoms with E-state index in [-0.39, 0.29) is 5.91 Å². The van der Waals surface area contributed by atoms with Crippen molar-refractivity contribution in [3.8, 4) is 11.3 Å². The smallest absolute Gasteiger partial charge is 0.275 e. The van der Waals surface area contributed by atoms with Crippen LogP contribution in [0.3, 0.4) is 0 Å². The van der Waals surface area contributed by atoms with E-state index < -0.39 is 0 Å². The molecule has 0 radical (unpaired) electrons. The minimum atomic E-state index is -0.252. The van der Waals surface area contributed by atoms with Gasteiger partial charge in [-0.3, -0.25) is 4.79 Å². The van der Waals surface area contributed by atoms with Crippen molar-refractivity contribution >= 4 is 22.9 Å². The number of thiazole rings is 1. The van der Waals surface area contributed by atoms with Gasteiger partial charge in [0.25, 0.3) is 5.91 Å². The first-order valence-electron chi connectivity index (χ1n) is 6.21. The zero-order valence-corrected chi connectivity index (χ0v) is 11.8. The average Bonchev–Trinajstić information content (AvgIpc) is 3.19. The summed E-state index contributed by atoms with van der Waals surface area (Å²) in [6, 6.07) is 7.29. The molecule has 0 aliphatic heterocycles. The van der Waals surface area contributed by atoms with Crippen molar-refractivity contribution in [3.05, 3.63) is 52.9 Å². The number of hydrogen-bond acceptors (Lipinski definition) is 6. The molecule has 0 saturated carbocycles. The number of hydrogen-bond donors (Lipinski definition) is 2. The second kappa shape index (κ2) is 5.86. The third-order valence-electron chi connectivity index (χ3n) is 2.82. The Bertz CT molecular complexity index is 735. The molecule has 3 aromatic rings. The van der Waals surface area contributed by atoms with Crippen molar-refractivity contribution in [1.82, 2.24) is 9.97 Å². The second-order valence-corrected chi connectivity index (χ2v) is 5.17. The SMILES string of the molecule is NCc1nc(C(=O)Nc2ccc(-c3cnco3)cc2)cs1. The second-order valence-electron chi connectivity index (χ2n) is 4.23. The molecule has 6 nitrogen and oxygen atoms in total. The molecule has 0 unspecified atom stereocenters. The van der Waals surface area contributed by atoms with Gasteiger partial charge in [0.05, 0.1) is 6.20 Å². The number of oxazole rings is 1. The van der Waals surface area contributed by atoms with Gasteiger partial charge in [-0.05, 0) is 24.3 Å². The number of anilines is 1. The molecule has 0 bridgehead atoms. The van der Waals surface area contributed by atoms with Gasteiger partial charge in [0.2, 0.25) is 0 Å². The number of nitrogens with two attached hydrogens (primary N) is 1. The van der Waals surface area contributed by atoms with E-state index in [0.717, 1.165) is 10.6 Å². The minimum absolute atomic E-state index is 0.252. The molecule has 3 rings (SSSR count). The fraction of sp³-hybridized carbons (Fsp3) is 0.0714. The molecule has 0 aliphatic carbocycles. The molecule has 0 fully saturated rings. The maximum Gasteiger partial charge on any atom is 0.275 e. The first kappa shape index (κ1) is 13.5. The Hall–Kier alpha value is -2.51. The average molecular weight is 300 g/mol. The van der Waals surface area contributed by atoms with Crippen LogP contribution in [0.25, 0.3) is 11.3 Å². The molecule has 0 aliphatic rings. The molecular formula is C14H12N4O2S. The summed E-state index contributed by atoms with van der Waals surface area (Å²) in [5.41, 5.74) is 7.43. The number of nitrogens with zero attached hydrogens (tertiary/aromatic N) is 2. The molecule has 21 heavy (non-hydrogen) atoms. The summed E-state index contributed by atoms with van der Waals surface area (Å²) in [7, 11) is 0. The Kier molecular flexibility index (Phi) is 3.76. The van der Waals surface area contributed by atoms with Crippen LogP contribution in [0.2, 0.25) is 0 Å². The normalized spacial score (nSPS) is 10.5. The quantitative estimate of drug-likeness (QED) is 0.772. The van der Waals surface area contributed by atoms with E-state index in [2.05, 4.69) is 15.3 Å². The summed E-state index contributed by atoms with van der Waals surface area (Å²) in [6.07, 6.45) is 3.01. The molecular weight excluding hydrogens is 288 g/mol. The first-order valence-corrected chi connectivity index (χ1v) is 7.09. The van der Waals surface area contributed by atoms with Crippen LogP contribution in [-0.4, -0.2) is 15.9 Å². The van der Waals surface area contributed by atoms with E-state index in [1.807, 2.05) is 12.1 Å². The van der Waals surface area contributed by atoms with Gasteiger partial charge in [0.15, 0.2) is 12.2 Å². The van der Waals surface area contributed by atoms with Crippen molar-refractivity contribution in [2.24, 2.45) is 5.73 Å². The topological polar surface area (TPSA) is 94.0 Å². The third kappa shape index (κ3) is 2.99. The van der Waals surface area contributed by atoms with Gasteiger partial charge in [-0.1, -0.05) is 0 Å². The van der Waals surface area contributed by atoms with Crippen molar-refractivity contribution in [2.75, 3.05) is 5.32 Å². The Labute approximate surface area is 124 Å². The lowest BCUT2D eigenvalue weighted by Gasteiger charge is -2.04. The Morgan fingerprint density at radius 3 is 2.76 bits per heavy atom. The van der Waals surface area contributed by atoms with E-state index >= 15 is 0 Å². The predicted octanol–water partition coefficient (Wildman–Crippen LogP) is 2.51. The van der Waals surface area contributed by atoms with Crippen LogP contribution in [0.4, 0.5) is 5.69 Å². The van der Waals surface area contributed by atoms with E-state index in [4.69, 9.17) is 10.2 Å². The van der Waals surface area contributed by atoms with Crippen LogP contribution in [-0.2, 0) is 6.54 Å². The summed E-state index contributed by atoms with van der Waals surface area (Å²) in [5, 5.41) is 5.22. The van der Waals surface area contributed by atoms with Crippen LogP contribution < -0.4 is 11.1 Å². The molecule has 2 heterocycles. The van der Waals surface area contributed by atoms with Crippen molar-refractivity contribution in [1.29, 1.82) is 0 Å². The first-order chi connectivity index (χ1) is 10.3. The Morgan fingerprint density at radius 2 is 2.14 bits per heavy atom. The summed E-state index contributed by atoms with van der Waals surface area (Å²) in [4.78, 5) is 20.0. The zero-order valence-electron chi connectivity index (χ0n) is 10.9. The van der Waals surface area contributed by atoms with Gasteiger partial charge in [0.1, 0.15) is 10.7 Å². The maximum atomic E-state index is 12.0. The largest absolute Gasteiger partial charge is 0.444 e. The Balaban J connectivity index is 1.71. The van der Waals surface area contributed by atoms with E-state index in [1.54, 1.807) is 23.7 Å². The van der Waals surface area contributed by atoms with Crippen molar-refractivity contribution in [3.63, 3.8) is 0 Å². The van der Waals surface area contributed by atoms with E-state index in [1.165, 1.54) is 17.7 Å². The van der Waals surface area contributed by atoms with Crippen molar-refractivity contribution < 1.29 is 9.21 Å². The van der Waals surface area contributed by atoms with Gasteiger partial charge >= 0.3 is 0 Å². The van der Waals surface area contributed by atoms with E-state index in [9.17, 15) is 4.79 Å². The highest BCUT2D eigenvalue weighted by molar-refractivity contribution is 7.09. The number of aromatic nitrogens is 2. The lowest BCUT2D eigenvalue weighted by molar-refractivity contribution is 0.102. The number of nitrogens with one attached hydrogen (secondary N) is 1. The summed E-state index contributed by atoms with van der Waals surface area (Å²) in [5.74, 6) is 0.429. The summed E-state index contributed by atoms with van der Waals surface area (Å²) in [6.45, 7) is 0.337. The van der Waals surface area contributed by atoms with Gasteiger partial charge in [-0.2, -0.15) is 0 Å².